The Bertz CT molecular complexity index is 1400. The molecule has 1 N–H and O–H groups in total. The van der Waals surface area contributed by atoms with Gasteiger partial charge in [0.1, 0.15) is 17.3 Å². The van der Waals surface area contributed by atoms with Gasteiger partial charge in [0, 0.05) is 23.2 Å². The number of methoxy groups -OCH3 is 3. The van der Waals surface area contributed by atoms with Crippen molar-refractivity contribution in [2.75, 3.05) is 26.6 Å². The van der Waals surface area contributed by atoms with Gasteiger partial charge >= 0.3 is 0 Å². The number of carbonyl (C=O) groups excluding carboxylic acids is 1. The minimum atomic E-state index is -0.441. The first-order valence-electron chi connectivity index (χ1n) is 10.6. The summed E-state index contributed by atoms with van der Waals surface area (Å²) in [5.41, 5.74) is 4.19. The predicted octanol–water partition coefficient (Wildman–Crippen LogP) is 4.86. The summed E-state index contributed by atoms with van der Waals surface area (Å²) >= 11 is 0. The lowest BCUT2D eigenvalue weighted by Crippen LogP contribution is -2.15. The van der Waals surface area contributed by atoms with E-state index in [0.717, 1.165) is 11.1 Å². The molecule has 34 heavy (non-hydrogen) atoms. The number of aromatic nitrogens is 2. The van der Waals surface area contributed by atoms with Crippen molar-refractivity contribution >= 4 is 11.6 Å². The van der Waals surface area contributed by atoms with Crippen molar-refractivity contribution in [2.24, 2.45) is 0 Å². The Morgan fingerprint density at radius 1 is 0.971 bits per heavy atom. The van der Waals surface area contributed by atoms with Gasteiger partial charge in [-0.2, -0.15) is 5.10 Å². The maximum atomic E-state index is 14.8. The number of fused-ring (bicyclic) bond motifs is 3. The van der Waals surface area contributed by atoms with E-state index in [-0.39, 0.29) is 17.3 Å². The SMILES string of the molecule is COc1ccc(NC(=O)c2nn(-c3ccccc3F)c3c2Cc2cc(OC)c(OC)cc2-3)cc1. The van der Waals surface area contributed by atoms with Gasteiger partial charge in [0.25, 0.3) is 5.91 Å². The lowest BCUT2D eigenvalue weighted by molar-refractivity contribution is 0.102. The van der Waals surface area contributed by atoms with Crippen LogP contribution in [0.25, 0.3) is 16.9 Å². The number of ether oxygens (including phenoxy) is 3. The van der Waals surface area contributed by atoms with E-state index < -0.39 is 5.82 Å². The topological polar surface area (TPSA) is 74.6 Å². The molecular formula is C26H22FN3O4. The summed E-state index contributed by atoms with van der Waals surface area (Å²) in [6, 6.07) is 17.1. The smallest absolute Gasteiger partial charge is 0.276 e. The highest BCUT2D eigenvalue weighted by Crippen LogP contribution is 2.45. The van der Waals surface area contributed by atoms with Gasteiger partial charge in [-0.05, 0) is 54.1 Å². The van der Waals surface area contributed by atoms with Crippen LogP contribution in [-0.2, 0) is 6.42 Å². The van der Waals surface area contributed by atoms with Gasteiger partial charge in [0.2, 0.25) is 0 Å². The van der Waals surface area contributed by atoms with Crippen LogP contribution in [0.4, 0.5) is 10.1 Å². The van der Waals surface area contributed by atoms with Crippen LogP contribution in [0.1, 0.15) is 21.6 Å². The zero-order chi connectivity index (χ0) is 23.8. The third-order valence-corrected chi connectivity index (χ3v) is 5.86. The van der Waals surface area contributed by atoms with E-state index in [2.05, 4.69) is 10.4 Å². The molecule has 0 spiro atoms. The first kappa shape index (κ1) is 21.5. The van der Waals surface area contributed by atoms with Crippen molar-refractivity contribution in [1.29, 1.82) is 0 Å². The monoisotopic (exact) mass is 459 g/mol. The number of anilines is 1. The largest absolute Gasteiger partial charge is 0.497 e. The van der Waals surface area contributed by atoms with Gasteiger partial charge in [-0.3, -0.25) is 4.79 Å². The molecule has 1 aromatic heterocycles. The Morgan fingerprint density at radius 2 is 1.68 bits per heavy atom. The number of carbonyl (C=O) groups is 1. The van der Waals surface area contributed by atoms with Gasteiger partial charge in [-0.25, -0.2) is 9.07 Å². The zero-order valence-corrected chi connectivity index (χ0v) is 18.9. The molecule has 0 saturated heterocycles. The summed E-state index contributed by atoms with van der Waals surface area (Å²) in [5.74, 6) is 0.980. The first-order chi connectivity index (χ1) is 16.5. The van der Waals surface area contributed by atoms with Crippen LogP contribution >= 0.6 is 0 Å². The summed E-state index contributed by atoms with van der Waals surface area (Å²) < 4.78 is 32.4. The van der Waals surface area contributed by atoms with Crippen LogP contribution in [0, 0.1) is 5.82 Å². The lowest BCUT2D eigenvalue weighted by Gasteiger charge is -2.12. The minimum Gasteiger partial charge on any atom is -0.497 e. The number of amides is 1. The third kappa shape index (κ3) is 3.53. The number of hydrogen-bond donors (Lipinski definition) is 1. The van der Waals surface area contributed by atoms with Crippen molar-refractivity contribution in [3.05, 3.63) is 83.3 Å². The molecule has 1 aliphatic rings. The fourth-order valence-electron chi connectivity index (χ4n) is 4.22. The Morgan fingerprint density at radius 3 is 2.35 bits per heavy atom. The highest BCUT2D eigenvalue weighted by atomic mass is 19.1. The Balaban J connectivity index is 1.64. The Kier molecular flexibility index (Phi) is 5.41. The van der Waals surface area contributed by atoms with Crippen molar-refractivity contribution in [1.82, 2.24) is 9.78 Å². The number of nitrogens with one attached hydrogen (secondary N) is 1. The van der Waals surface area contributed by atoms with E-state index in [1.54, 1.807) is 63.8 Å². The highest BCUT2D eigenvalue weighted by molar-refractivity contribution is 6.05. The molecule has 0 atom stereocenters. The van der Waals surface area contributed by atoms with E-state index in [1.807, 2.05) is 12.1 Å². The van der Waals surface area contributed by atoms with Crippen LogP contribution in [-0.4, -0.2) is 37.0 Å². The average molecular weight is 459 g/mol. The molecule has 0 aliphatic heterocycles. The number of benzene rings is 3. The molecule has 1 heterocycles. The molecule has 5 rings (SSSR count). The highest BCUT2D eigenvalue weighted by Gasteiger charge is 2.33. The molecule has 0 saturated carbocycles. The van der Waals surface area contributed by atoms with E-state index in [1.165, 1.54) is 10.7 Å². The molecular weight excluding hydrogens is 437 g/mol. The Labute approximate surface area is 195 Å². The minimum absolute atomic E-state index is 0.225. The fourth-order valence-corrected chi connectivity index (χ4v) is 4.22. The molecule has 8 heteroatoms. The second-order valence-corrected chi connectivity index (χ2v) is 7.76. The maximum absolute atomic E-state index is 14.8. The quantitative estimate of drug-likeness (QED) is 0.393. The van der Waals surface area contributed by atoms with Gasteiger partial charge in [-0.1, -0.05) is 12.1 Å². The Hall–Kier alpha value is -4.33. The van der Waals surface area contributed by atoms with Gasteiger partial charge < -0.3 is 19.5 Å². The van der Waals surface area contributed by atoms with Gasteiger partial charge in [0.15, 0.2) is 17.2 Å². The lowest BCUT2D eigenvalue weighted by atomic mass is 10.1. The van der Waals surface area contributed by atoms with Gasteiger partial charge in [-0.15, -0.1) is 0 Å². The summed E-state index contributed by atoms with van der Waals surface area (Å²) in [5, 5.41) is 7.43. The molecule has 172 valence electrons. The molecule has 3 aromatic carbocycles. The van der Waals surface area contributed by atoms with Crippen LogP contribution in [0.3, 0.4) is 0 Å². The van der Waals surface area contributed by atoms with E-state index in [9.17, 15) is 9.18 Å². The van der Waals surface area contributed by atoms with Crippen molar-refractivity contribution in [3.8, 4) is 34.2 Å². The maximum Gasteiger partial charge on any atom is 0.276 e. The number of halogens is 1. The second kappa shape index (κ2) is 8.55. The average Bonchev–Trinajstić information content (AvgIpc) is 3.41. The van der Waals surface area contributed by atoms with Gasteiger partial charge in [0.05, 0.1) is 27.0 Å². The summed E-state index contributed by atoms with van der Waals surface area (Å²) in [6.07, 6.45) is 0.449. The van der Waals surface area contributed by atoms with Crippen molar-refractivity contribution in [2.45, 2.75) is 6.42 Å². The fraction of sp³-hybridized carbons (Fsp3) is 0.154. The van der Waals surface area contributed by atoms with Crippen LogP contribution in [0.2, 0.25) is 0 Å². The summed E-state index contributed by atoms with van der Waals surface area (Å²) in [6.45, 7) is 0. The molecule has 0 bridgehead atoms. The van der Waals surface area contributed by atoms with Crippen LogP contribution < -0.4 is 19.5 Å². The summed E-state index contributed by atoms with van der Waals surface area (Å²) in [4.78, 5) is 13.3. The summed E-state index contributed by atoms with van der Waals surface area (Å²) in [7, 11) is 4.71. The molecule has 4 aromatic rings. The molecule has 0 radical (unpaired) electrons. The van der Waals surface area contributed by atoms with E-state index >= 15 is 0 Å². The first-order valence-corrected chi connectivity index (χ1v) is 10.6. The molecule has 0 fully saturated rings. The van der Waals surface area contributed by atoms with E-state index in [0.29, 0.717) is 40.6 Å². The molecule has 1 aliphatic carbocycles. The predicted molar refractivity (Wildman–Crippen MR) is 126 cm³/mol. The molecule has 1 amide bonds. The van der Waals surface area contributed by atoms with Crippen LogP contribution in [0.15, 0.2) is 60.7 Å². The van der Waals surface area contributed by atoms with Crippen molar-refractivity contribution < 1.29 is 23.4 Å². The number of para-hydroxylation sites is 1. The third-order valence-electron chi connectivity index (χ3n) is 5.86. The van der Waals surface area contributed by atoms with Crippen molar-refractivity contribution in [3.63, 3.8) is 0 Å². The van der Waals surface area contributed by atoms with Crippen LogP contribution in [0.5, 0.6) is 17.2 Å². The molecule has 0 unspecified atom stereocenters. The number of rotatable bonds is 6. The normalized spacial score (nSPS) is 11.5. The standard InChI is InChI=1S/C26H22FN3O4/c1-32-17-10-8-16(9-11-17)28-26(31)24-19-12-15-13-22(33-2)23(34-3)14-18(15)25(19)30(29-24)21-7-5-4-6-20(21)27/h4-11,13-14H,12H2,1-3H3,(H,28,31). The van der Waals surface area contributed by atoms with E-state index in [4.69, 9.17) is 14.2 Å². The molecule has 7 nitrogen and oxygen atoms in total. The number of hydrogen-bond acceptors (Lipinski definition) is 5. The second-order valence-electron chi connectivity index (χ2n) is 7.76. The number of nitrogens with zero attached hydrogens (tertiary/aromatic N) is 2. The zero-order valence-electron chi connectivity index (χ0n) is 18.9.